The first kappa shape index (κ1) is 25.1. The number of halogens is 2. The smallest absolute Gasteiger partial charge is 0.0862 e. The largest absolute Gasteiger partial charge is 0.315 e. The van der Waals surface area contributed by atoms with E-state index in [-0.39, 0.29) is 0 Å². The zero-order valence-corrected chi connectivity index (χ0v) is 24.7. The van der Waals surface area contributed by atoms with E-state index >= 15 is 0 Å². The van der Waals surface area contributed by atoms with E-state index in [1.807, 2.05) is 23.5 Å². The van der Waals surface area contributed by atoms with Crippen molar-refractivity contribution in [3.63, 3.8) is 0 Å². The zero-order valence-electron chi connectivity index (χ0n) is 19.9. The van der Waals surface area contributed by atoms with Crippen molar-refractivity contribution in [2.24, 2.45) is 0 Å². The average molecular weight is 649 g/mol. The molecule has 184 valence electrons. The van der Waals surface area contributed by atoms with Gasteiger partial charge in [-0.05, 0) is 56.1 Å². The minimum Gasteiger partial charge on any atom is -0.315 e. The van der Waals surface area contributed by atoms with Crippen molar-refractivity contribution in [3.8, 4) is 0 Å². The first-order valence-corrected chi connectivity index (χ1v) is 15.7. The van der Waals surface area contributed by atoms with Crippen LogP contribution in [0.4, 0.5) is 0 Å². The maximum Gasteiger partial charge on any atom is 0.0862 e. The number of nitrogens with one attached hydrogen (secondary N) is 1. The number of thioether (sulfide) groups is 2. The van der Waals surface area contributed by atoms with Crippen molar-refractivity contribution in [1.82, 2.24) is 15.3 Å². The molecule has 6 rings (SSSR count). The Labute approximate surface area is 241 Å². The molecule has 1 N–H and O–H groups in total. The Kier molecular flexibility index (Phi) is 7.67. The summed E-state index contributed by atoms with van der Waals surface area (Å²) >= 11 is 11.2. The molecule has 0 radical (unpaired) electrons. The molecule has 0 fully saturated rings. The molecule has 2 heterocycles. The maximum absolute atomic E-state index is 4.90. The summed E-state index contributed by atoms with van der Waals surface area (Å²) in [6.45, 7) is 1.89. The van der Waals surface area contributed by atoms with Crippen LogP contribution in [0.3, 0.4) is 0 Å². The highest BCUT2D eigenvalue weighted by molar-refractivity contribution is 9.11. The van der Waals surface area contributed by atoms with Crippen LogP contribution in [-0.4, -0.2) is 34.6 Å². The summed E-state index contributed by atoms with van der Waals surface area (Å²) in [6.07, 6.45) is 0. The number of fused-ring (bicyclic) bond motifs is 4. The Morgan fingerprint density at radius 2 is 0.973 bits per heavy atom. The van der Waals surface area contributed by atoms with E-state index < -0.39 is 0 Å². The lowest BCUT2D eigenvalue weighted by Gasteiger charge is -2.13. The first-order chi connectivity index (χ1) is 18.2. The molecule has 0 saturated heterocycles. The number of para-hydroxylation sites is 4. The van der Waals surface area contributed by atoms with Crippen LogP contribution in [0.25, 0.3) is 43.6 Å². The van der Waals surface area contributed by atoms with E-state index in [2.05, 4.69) is 122 Å². The topological polar surface area (TPSA) is 37.8 Å². The van der Waals surface area contributed by atoms with Gasteiger partial charge in [0, 0.05) is 64.9 Å². The van der Waals surface area contributed by atoms with E-state index in [1.165, 1.54) is 31.3 Å². The number of pyridine rings is 2. The molecule has 3 nitrogen and oxygen atoms in total. The SMILES string of the molecule is Brc1cccc2c(SCCNCCSc3c4ccccc4nc4c(Br)cccc34)c3ccccc3nc12. The van der Waals surface area contributed by atoms with Gasteiger partial charge in [0.1, 0.15) is 0 Å². The fourth-order valence-corrected chi connectivity index (χ4v) is 7.68. The van der Waals surface area contributed by atoms with Crippen molar-refractivity contribution in [2.75, 3.05) is 24.6 Å². The minimum absolute atomic E-state index is 0.945. The monoisotopic (exact) mass is 647 g/mol. The third-order valence-electron chi connectivity index (χ3n) is 6.28. The first-order valence-electron chi connectivity index (χ1n) is 12.1. The number of benzene rings is 4. The highest BCUT2D eigenvalue weighted by atomic mass is 79.9. The van der Waals surface area contributed by atoms with Gasteiger partial charge in [0.05, 0.1) is 22.1 Å². The Bertz CT molecular complexity index is 1630. The van der Waals surface area contributed by atoms with Crippen molar-refractivity contribution in [3.05, 3.63) is 93.9 Å². The molecule has 0 unspecified atom stereocenters. The molecule has 7 heteroatoms. The summed E-state index contributed by atoms with van der Waals surface area (Å²) in [5.74, 6) is 1.99. The summed E-state index contributed by atoms with van der Waals surface area (Å²) in [5, 5.41) is 8.50. The van der Waals surface area contributed by atoms with Gasteiger partial charge in [-0.3, -0.25) is 0 Å². The molecule has 4 aromatic carbocycles. The van der Waals surface area contributed by atoms with E-state index in [0.717, 1.165) is 55.6 Å². The summed E-state index contributed by atoms with van der Waals surface area (Å²) in [7, 11) is 0. The van der Waals surface area contributed by atoms with Gasteiger partial charge in [0.2, 0.25) is 0 Å². The molecule has 0 amide bonds. The van der Waals surface area contributed by atoms with Crippen LogP contribution in [0, 0.1) is 0 Å². The normalized spacial score (nSPS) is 11.7. The van der Waals surface area contributed by atoms with Crippen LogP contribution in [0.1, 0.15) is 0 Å². The van der Waals surface area contributed by atoms with Gasteiger partial charge in [-0.15, -0.1) is 23.5 Å². The van der Waals surface area contributed by atoms with E-state index in [1.54, 1.807) is 0 Å². The van der Waals surface area contributed by atoms with Gasteiger partial charge in [-0.1, -0.05) is 60.7 Å². The average Bonchev–Trinajstić information content (AvgIpc) is 2.92. The zero-order chi connectivity index (χ0) is 25.2. The Morgan fingerprint density at radius 1 is 0.541 bits per heavy atom. The number of hydrogen-bond donors (Lipinski definition) is 1. The molecule has 0 aliphatic heterocycles. The molecular formula is C30H23Br2N3S2. The second-order valence-electron chi connectivity index (χ2n) is 8.64. The number of rotatable bonds is 8. The lowest BCUT2D eigenvalue weighted by atomic mass is 10.1. The molecule has 0 atom stereocenters. The van der Waals surface area contributed by atoms with Crippen LogP contribution in [0.2, 0.25) is 0 Å². The van der Waals surface area contributed by atoms with Gasteiger partial charge in [-0.2, -0.15) is 0 Å². The molecule has 0 spiro atoms. The number of nitrogens with zero attached hydrogens (tertiary/aromatic N) is 2. The number of aromatic nitrogens is 2. The third kappa shape index (κ3) is 5.12. The van der Waals surface area contributed by atoms with Crippen LogP contribution >= 0.6 is 55.4 Å². The molecule has 37 heavy (non-hydrogen) atoms. The standard InChI is InChI=1S/C30H23Br2N3S2/c31-23-11-5-9-21-27(23)34-25-13-3-1-7-19(25)29(21)36-17-15-33-16-18-37-30-20-8-2-4-14-26(20)35-28-22(30)10-6-12-24(28)32/h1-14,33H,15-18H2. The summed E-state index contributed by atoms with van der Waals surface area (Å²) in [5.41, 5.74) is 4.13. The summed E-state index contributed by atoms with van der Waals surface area (Å²) in [4.78, 5) is 12.4. The highest BCUT2D eigenvalue weighted by Gasteiger charge is 2.13. The maximum atomic E-state index is 4.90. The van der Waals surface area contributed by atoms with Crippen LogP contribution < -0.4 is 5.32 Å². The molecular weight excluding hydrogens is 626 g/mol. The van der Waals surface area contributed by atoms with E-state index in [0.29, 0.717) is 0 Å². The molecule has 0 aliphatic carbocycles. The van der Waals surface area contributed by atoms with Gasteiger partial charge in [0.15, 0.2) is 0 Å². The van der Waals surface area contributed by atoms with E-state index in [4.69, 9.17) is 9.97 Å². The Morgan fingerprint density at radius 3 is 1.46 bits per heavy atom. The molecule has 0 bridgehead atoms. The second-order valence-corrected chi connectivity index (χ2v) is 12.6. The highest BCUT2D eigenvalue weighted by Crippen LogP contribution is 2.37. The van der Waals surface area contributed by atoms with Gasteiger partial charge < -0.3 is 5.32 Å². The van der Waals surface area contributed by atoms with Crippen molar-refractivity contribution >= 4 is 99.0 Å². The van der Waals surface area contributed by atoms with Gasteiger partial charge >= 0.3 is 0 Å². The van der Waals surface area contributed by atoms with Crippen LogP contribution in [0.5, 0.6) is 0 Å². The minimum atomic E-state index is 0.945. The van der Waals surface area contributed by atoms with Crippen LogP contribution in [0.15, 0.2) is 104 Å². The fraction of sp³-hybridized carbons (Fsp3) is 0.133. The fourth-order valence-electron chi connectivity index (χ4n) is 4.57. The molecule has 0 saturated carbocycles. The van der Waals surface area contributed by atoms with Gasteiger partial charge in [0.25, 0.3) is 0 Å². The molecule has 2 aromatic heterocycles. The Balaban J connectivity index is 1.12. The molecule has 6 aromatic rings. The predicted molar refractivity (Wildman–Crippen MR) is 168 cm³/mol. The lowest BCUT2D eigenvalue weighted by Crippen LogP contribution is -2.20. The molecule has 0 aliphatic rings. The lowest BCUT2D eigenvalue weighted by molar-refractivity contribution is 0.774. The van der Waals surface area contributed by atoms with Crippen molar-refractivity contribution < 1.29 is 0 Å². The second kappa shape index (κ2) is 11.3. The summed E-state index contributed by atoms with van der Waals surface area (Å²) < 4.78 is 2.08. The summed E-state index contributed by atoms with van der Waals surface area (Å²) in [6, 6.07) is 29.5. The van der Waals surface area contributed by atoms with Crippen molar-refractivity contribution in [1.29, 1.82) is 0 Å². The third-order valence-corrected chi connectivity index (χ3v) is 9.83. The predicted octanol–water partition coefficient (Wildman–Crippen LogP) is 9.09. The quantitative estimate of drug-likeness (QED) is 0.101. The number of hydrogen-bond acceptors (Lipinski definition) is 5. The van der Waals surface area contributed by atoms with Crippen LogP contribution in [-0.2, 0) is 0 Å². The van der Waals surface area contributed by atoms with Gasteiger partial charge in [-0.25, -0.2) is 9.97 Å². The van der Waals surface area contributed by atoms with E-state index in [9.17, 15) is 0 Å². The Hall–Kier alpha value is -2.16. The van der Waals surface area contributed by atoms with Crippen molar-refractivity contribution in [2.45, 2.75) is 9.79 Å².